The van der Waals surface area contributed by atoms with Crippen molar-refractivity contribution in [2.24, 2.45) is 0 Å². The lowest BCUT2D eigenvalue weighted by Gasteiger charge is -1.97. The van der Waals surface area contributed by atoms with E-state index in [1.165, 1.54) is 4.88 Å². The fourth-order valence-corrected chi connectivity index (χ4v) is 2.58. The van der Waals surface area contributed by atoms with Crippen LogP contribution in [0.25, 0.3) is 16.5 Å². The first-order valence-corrected chi connectivity index (χ1v) is 6.56. The summed E-state index contributed by atoms with van der Waals surface area (Å²) in [7, 11) is 0. The summed E-state index contributed by atoms with van der Waals surface area (Å²) < 4.78 is 0. The van der Waals surface area contributed by atoms with Crippen molar-refractivity contribution in [3.63, 3.8) is 0 Å². The van der Waals surface area contributed by atoms with Crippen molar-refractivity contribution < 1.29 is 5.11 Å². The van der Waals surface area contributed by atoms with Crippen LogP contribution in [0.3, 0.4) is 0 Å². The second-order valence-electron chi connectivity index (χ2n) is 3.81. The predicted molar refractivity (Wildman–Crippen MR) is 75.5 cm³/mol. The Bertz CT molecular complexity index is 529. The zero-order valence-corrected chi connectivity index (χ0v) is 11.0. The lowest BCUT2D eigenvalue weighted by molar-refractivity contribution is 0.245. The summed E-state index contributed by atoms with van der Waals surface area (Å²) >= 11 is 7.64. The van der Waals surface area contributed by atoms with Gasteiger partial charge in [0.15, 0.2) is 0 Å². The van der Waals surface area contributed by atoms with Gasteiger partial charge in [0.1, 0.15) is 0 Å². The van der Waals surface area contributed by atoms with E-state index in [0.717, 1.165) is 15.5 Å². The third kappa shape index (κ3) is 3.43. The summed E-state index contributed by atoms with van der Waals surface area (Å²) in [5, 5.41) is 9.92. The summed E-state index contributed by atoms with van der Waals surface area (Å²) in [5.41, 5.74) is 1.12. The van der Waals surface area contributed by atoms with E-state index < -0.39 is 6.10 Å². The Balaban J connectivity index is 2.24. The second kappa shape index (κ2) is 5.50. The van der Waals surface area contributed by atoms with Gasteiger partial charge in [0.2, 0.25) is 0 Å². The van der Waals surface area contributed by atoms with Crippen molar-refractivity contribution in [3.05, 3.63) is 52.4 Å². The standard InChI is InChI=1S/C14H13ClOS/c1-10(16)5-6-13-7-8-14(17-13)11-3-2-4-12(15)9-11/h2-10,16H,1H3/b6-5+. The maximum absolute atomic E-state index is 9.17. The van der Waals surface area contributed by atoms with Crippen molar-refractivity contribution in [1.29, 1.82) is 0 Å². The molecule has 1 unspecified atom stereocenters. The Morgan fingerprint density at radius 1 is 1.29 bits per heavy atom. The normalized spacial score (nSPS) is 13.1. The fourth-order valence-electron chi connectivity index (χ4n) is 1.47. The molecule has 2 aromatic rings. The topological polar surface area (TPSA) is 20.2 Å². The predicted octanol–water partition coefficient (Wildman–Crippen LogP) is 4.46. The van der Waals surface area contributed by atoms with E-state index in [1.54, 1.807) is 24.3 Å². The number of rotatable bonds is 3. The van der Waals surface area contributed by atoms with Gasteiger partial charge in [-0.25, -0.2) is 0 Å². The van der Waals surface area contributed by atoms with Crippen LogP contribution >= 0.6 is 22.9 Å². The van der Waals surface area contributed by atoms with Crippen molar-refractivity contribution in [2.45, 2.75) is 13.0 Å². The zero-order chi connectivity index (χ0) is 12.3. The van der Waals surface area contributed by atoms with Crippen molar-refractivity contribution >= 4 is 29.0 Å². The number of aliphatic hydroxyl groups excluding tert-OH is 1. The van der Waals surface area contributed by atoms with Crippen LogP contribution in [0.5, 0.6) is 0 Å². The van der Waals surface area contributed by atoms with Crippen LogP contribution in [0.15, 0.2) is 42.5 Å². The molecule has 88 valence electrons. The van der Waals surface area contributed by atoms with Crippen molar-refractivity contribution in [2.75, 3.05) is 0 Å². The van der Waals surface area contributed by atoms with Crippen LogP contribution in [0.1, 0.15) is 11.8 Å². The smallest absolute Gasteiger partial charge is 0.0696 e. The van der Waals surface area contributed by atoms with E-state index in [2.05, 4.69) is 6.07 Å². The SMILES string of the molecule is CC(O)/C=C/c1ccc(-c2cccc(Cl)c2)s1. The highest BCUT2D eigenvalue weighted by Crippen LogP contribution is 2.30. The first-order chi connectivity index (χ1) is 8.15. The van der Waals surface area contributed by atoms with Gasteiger partial charge in [-0.3, -0.25) is 0 Å². The minimum absolute atomic E-state index is 0.410. The van der Waals surface area contributed by atoms with Crippen LogP contribution in [0, 0.1) is 0 Å². The summed E-state index contributed by atoms with van der Waals surface area (Å²) in [6.07, 6.45) is 3.29. The van der Waals surface area contributed by atoms with Crippen LogP contribution in [0.4, 0.5) is 0 Å². The molecule has 1 atom stereocenters. The fraction of sp³-hybridized carbons (Fsp3) is 0.143. The first-order valence-electron chi connectivity index (χ1n) is 5.37. The molecule has 0 aliphatic rings. The van der Waals surface area contributed by atoms with E-state index in [0.29, 0.717) is 0 Å². The van der Waals surface area contributed by atoms with Crippen LogP contribution in [-0.4, -0.2) is 11.2 Å². The molecule has 0 amide bonds. The second-order valence-corrected chi connectivity index (χ2v) is 5.36. The highest BCUT2D eigenvalue weighted by molar-refractivity contribution is 7.16. The Morgan fingerprint density at radius 2 is 2.12 bits per heavy atom. The molecule has 2 rings (SSSR count). The number of benzene rings is 1. The molecule has 0 fully saturated rings. The quantitative estimate of drug-likeness (QED) is 0.868. The molecule has 17 heavy (non-hydrogen) atoms. The van der Waals surface area contributed by atoms with Gasteiger partial charge >= 0.3 is 0 Å². The Kier molecular flexibility index (Phi) is 4.00. The summed E-state index contributed by atoms with van der Waals surface area (Å²) in [6.45, 7) is 1.74. The molecule has 0 saturated heterocycles. The molecular weight excluding hydrogens is 252 g/mol. The minimum atomic E-state index is -0.410. The third-order valence-electron chi connectivity index (χ3n) is 2.27. The van der Waals surface area contributed by atoms with Gasteiger partial charge in [-0.2, -0.15) is 0 Å². The first kappa shape index (κ1) is 12.4. The molecular formula is C14H13ClOS. The maximum Gasteiger partial charge on any atom is 0.0696 e. The van der Waals surface area contributed by atoms with Crippen molar-refractivity contribution in [3.8, 4) is 10.4 Å². The molecule has 1 heterocycles. The summed E-state index contributed by atoms with van der Waals surface area (Å²) in [6, 6.07) is 11.9. The molecule has 0 saturated carbocycles. The molecule has 1 aromatic carbocycles. The van der Waals surface area contributed by atoms with Crippen LogP contribution in [0.2, 0.25) is 5.02 Å². The zero-order valence-electron chi connectivity index (χ0n) is 9.43. The maximum atomic E-state index is 9.17. The number of hydrogen-bond donors (Lipinski definition) is 1. The lowest BCUT2D eigenvalue weighted by atomic mass is 10.2. The Morgan fingerprint density at radius 3 is 2.82 bits per heavy atom. The molecule has 0 radical (unpaired) electrons. The van der Waals surface area contributed by atoms with E-state index in [4.69, 9.17) is 11.6 Å². The van der Waals surface area contributed by atoms with Crippen LogP contribution < -0.4 is 0 Å². The highest BCUT2D eigenvalue weighted by Gasteiger charge is 2.01. The van der Waals surface area contributed by atoms with Gasteiger partial charge in [0.25, 0.3) is 0 Å². The molecule has 0 aliphatic carbocycles. The molecule has 1 N–H and O–H groups in total. The molecule has 0 bridgehead atoms. The van der Waals surface area contributed by atoms with E-state index in [-0.39, 0.29) is 0 Å². The summed E-state index contributed by atoms with van der Waals surface area (Å²) in [5.74, 6) is 0. The molecule has 3 heteroatoms. The number of hydrogen-bond acceptors (Lipinski definition) is 2. The lowest BCUT2D eigenvalue weighted by Crippen LogP contribution is -1.90. The Labute approximate surface area is 110 Å². The van der Waals surface area contributed by atoms with Gasteiger partial charge in [-0.05, 0) is 42.8 Å². The molecule has 0 spiro atoms. The average Bonchev–Trinajstić information content (AvgIpc) is 2.75. The Hall–Kier alpha value is -1.09. The van der Waals surface area contributed by atoms with E-state index in [1.807, 2.05) is 36.4 Å². The molecule has 0 aliphatic heterocycles. The van der Waals surface area contributed by atoms with Gasteiger partial charge in [-0.1, -0.05) is 29.8 Å². The van der Waals surface area contributed by atoms with Gasteiger partial charge in [-0.15, -0.1) is 11.3 Å². The number of thiophene rings is 1. The van der Waals surface area contributed by atoms with E-state index >= 15 is 0 Å². The monoisotopic (exact) mass is 264 g/mol. The number of halogens is 1. The van der Waals surface area contributed by atoms with E-state index in [9.17, 15) is 5.11 Å². The third-order valence-corrected chi connectivity index (χ3v) is 3.61. The largest absolute Gasteiger partial charge is 0.389 e. The minimum Gasteiger partial charge on any atom is -0.389 e. The van der Waals surface area contributed by atoms with Gasteiger partial charge in [0.05, 0.1) is 6.10 Å². The van der Waals surface area contributed by atoms with Gasteiger partial charge < -0.3 is 5.11 Å². The van der Waals surface area contributed by atoms with Crippen molar-refractivity contribution in [1.82, 2.24) is 0 Å². The molecule has 1 aromatic heterocycles. The van der Waals surface area contributed by atoms with Crippen LogP contribution in [-0.2, 0) is 0 Å². The molecule has 1 nitrogen and oxygen atoms in total. The number of aliphatic hydroxyl groups is 1. The van der Waals surface area contributed by atoms with Gasteiger partial charge in [0, 0.05) is 14.8 Å². The average molecular weight is 265 g/mol. The highest BCUT2D eigenvalue weighted by atomic mass is 35.5. The summed E-state index contributed by atoms with van der Waals surface area (Å²) in [4.78, 5) is 2.30.